The number of likely N-dealkylation sites (tertiary alicyclic amines) is 2. The molecule has 2 fully saturated rings. The van der Waals surface area contributed by atoms with E-state index in [1.165, 1.54) is 16.2 Å². The van der Waals surface area contributed by atoms with Gasteiger partial charge < -0.3 is 10.2 Å². The molecule has 1 unspecified atom stereocenters. The normalized spacial score (nSPS) is 22.9. The van der Waals surface area contributed by atoms with Crippen LogP contribution >= 0.6 is 11.3 Å². The first-order valence-corrected chi connectivity index (χ1v) is 8.91. The maximum Gasteiger partial charge on any atom is 0.263 e. The molecule has 0 aliphatic carbocycles. The van der Waals surface area contributed by atoms with Crippen LogP contribution in [0.1, 0.15) is 35.9 Å². The number of thiophene rings is 1. The van der Waals surface area contributed by atoms with Gasteiger partial charge in [0.1, 0.15) is 0 Å². The SMILES string of the molecule is CCN1C(=O)CC(NC2CCN(C(=O)c3cccs3)CC2)C1=O. The molecule has 3 amide bonds. The molecule has 1 aromatic heterocycles. The number of likely N-dealkylation sites (N-methyl/N-ethyl adjacent to an activating group) is 1. The van der Waals surface area contributed by atoms with Crippen molar-refractivity contribution in [1.82, 2.24) is 15.1 Å². The molecule has 7 heteroatoms. The summed E-state index contributed by atoms with van der Waals surface area (Å²) in [5.74, 6) is -0.127. The van der Waals surface area contributed by atoms with E-state index < -0.39 is 6.04 Å². The van der Waals surface area contributed by atoms with E-state index >= 15 is 0 Å². The standard InChI is InChI=1S/C16H21N3O3S/c1-2-19-14(20)10-12(15(19)21)17-11-5-7-18(8-6-11)16(22)13-4-3-9-23-13/h3-4,9,11-12,17H,2,5-8,10H2,1H3. The summed E-state index contributed by atoms with van der Waals surface area (Å²) in [4.78, 5) is 40.1. The van der Waals surface area contributed by atoms with Crippen LogP contribution in [0, 0.1) is 0 Å². The first-order chi connectivity index (χ1) is 11.1. The lowest BCUT2D eigenvalue weighted by Crippen LogP contribution is -2.49. The second kappa shape index (κ2) is 6.80. The van der Waals surface area contributed by atoms with Gasteiger partial charge in [0.15, 0.2) is 0 Å². The van der Waals surface area contributed by atoms with E-state index in [9.17, 15) is 14.4 Å². The van der Waals surface area contributed by atoms with E-state index in [0.29, 0.717) is 19.6 Å². The zero-order valence-corrected chi connectivity index (χ0v) is 14.0. The average molecular weight is 335 g/mol. The van der Waals surface area contributed by atoms with Gasteiger partial charge in [-0.2, -0.15) is 0 Å². The summed E-state index contributed by atoms with van der Waals surface area (Å²) >= 11 is 1.46. The summed E-state index contributed by atoms with van der Waals surface area (Å²) in [6.07, 6.45) is 1.86. The number of nitrogens with zero attached hydrogens (tertiary/aromatic N) is 2. The zero-order valence-electron chi connectivity index (χ0n) is 13.2. The van der Waals surface area contributed by atoms with Gasteiger partial charge in [0.2, 0.25) is 11.8 Å². The van der Waals surface area contributed by atoms with Crippen molar-refractivity contribution < 1.29 is 14.4 Å². The Morgan fingerprint density at radius 1 is 1.35 bits per heavy atom. The smallest absolute Gasteiger partial charge is 0.263 e. The van der Waals surface area contributed by atoms with E-state index in [-0.39, 0.29) is 30.2 Å². The van der Waals surface area contributed by atoms with E-state index in [0.717, 1.165) is 17.7 Å². The van der Waals surface area contributed by atoms with Crippen LogP contribution in [0.5, 0.6) is 0 Å². The third-order valence-electron chi connectivity index (χ3n) is 4.51. The molecule has 1 atom stereocenters. The predicted octanol–water partition coefficient (Wildman–Crippen LogP) is 1.09. The van der Waals surface area contributed by atoms with E-state index in [1.54, 1.807) is 0 Å². The Morgan fingerprint density at radius 3 is 2.65 bits per heavy atom. The lowest BCUT2D eigenvalue weighted by atomic mass is 10.0. The Kier molecular flexibility index (Phi) is 4.77. The van der Waals surface area contributed by atoms with Gasteiger partial charge in [-0.15, -0.1) is 11.3 Å². The lowest BCUT2D eigenvalue weighted by Gasteiger charge is -2.33. The molecule has 2 aliphatic heterocycles. The maximum absolute atomic E-state index is 12.3. The minimum Gasteiger partial charge on any atom is -0.338 e. The minimum atomic E-state index is -0.396. The molecule has 6 nitrogen and oxygen atoms in total. The lowest BCUT2D eigenvalue weighted by molar-refractivity contribution is -0.138. The minimum absolute atomic E-state index is 0.0859. The number of rotatable bonds is 4. The third-order valence-corrected chi connectivity index (χ3v) is 5.37. The highest BCUT2D eigenvalue weighted by Gasteiger charge is 2.39. The molecule has 0 spiro atoms. The Hall–Kier alpha value is -1.73. The van der Waals surface area contributed by atoms with Crippen LogP contribution in [0.2, 0.25) is 0 Å². The molecule has 3 rings (SSSR count). The topological polar surface area (TPSA) is 69.7 Å². The second-order valence-electron chi connectivity index (χ2n) is 5.94. The Morgan fingerprint density at radius 2 is 2.09 bits per heavy atom. The quantitative estimate of drug-likeness (QED) is 0.836. The highest BCUT2D eigenvalue weighted by Crippen LogP contribution is 2.19. The Labute approximate surface area is 139 Å². The van der Waals surface area contributed by atoms with E-state index in [2.05, 4.69) is 5.32 Å². The molecule has 3 heterocycles. The molecular weight excluding hydrogens is 314 g/mol. The highest BCUT2D eigenvalue weighted by atomic mass is 32.1. The van der Waals surface area contributed by atoms with Crippen molar-refractivity contribution in [1.29, 1.82) is 0 Å². The van der Waals surface area contributed by atoms with Crippen LogP contribution in [0.25, 0.3) is 0 Å². The van der Waals surface area contributed by atoms with Crippen LogP contribution in [0.4, 0.5) is 0 Å². The van der Waals surface area contributed by atoms with E-state index in [1.807, 2.05) is 29.3 Å². The van der Waals surface area contributed by atoms with Crippen molar-refractivity contribution in [3.63, 3.8) is 0 Å². The summed E-state index contributed by atoms with van der Waals surface area (Å²) in [6, 6.07) is 3.52. The van der Waals surface area contributed by atoms with Gasteiger partial charge in [0.05, 0.1) is 17.3 Å². The van der Waals surface area contributed by atoms with Crippen LogP contribution < -0.4 is 5.32 Å². The number of carbonyl (C=O) groups is 3. The van der Waals surface area contributed by atoms with Crippen LogP contribution in [-0.2, 0) is 9.59 Å². The number of hydrogen-bond donors (Lipinski definition) is 1. The van der Waals surface area contributed by atoms with Crippen LogP contribution in [-0.4, -0.2) is 59.2 Å². The van der Waals surface area contributed by atoms with Crippen molar-refractivity contribution >= 4 is 29.1 Å². The van der Waals surface area contributed by atoms with Gasteiger partial charge in [-0.3, -0.25) is 19.3 Å². The van der Waals surface area contributed by atoms with Gasteiger partial charge >= 0.3 is 0 Å². The summed E-state index contributed by atoms with van der Waals surface area (Å²) in [6.45, 7) is 3.61. The van der Waals surface area contributed by atoms with Crippen molar-refractivity contribution in [2.45, 2.75) is 38.3 Å². The van der Waals surface area contributed by atoms with Gasteiger partial charge in [0, 0.05) is 25.7 Å². The second-order valence-corrected chi connectivity index (χ2v) is 6.89. The molecule has 0 aromatic carbocycles. The molecular formula is C16H21N3O3S. The maximum atomic E-state index is 12.3. The summed E-state index contributed by atoms with van der Waals surface area (Å²) in [5, 5.41) is 5.22. The third kappa shape index (κ3) is 3.30. The molecule has 0 radical (unpaired) electrons. The largest absolute Gasteiger partial charge is 0.338 e. The fraction of sp³-hybridized carbons (Fsp3) is 0.562. The average Bonchev–Trinajstić information content (AvgIpc) is 3.17. The Bertz CT molecular complexity index is 594. The number of nitrogens with one attached hydrogen (secondary N) is 1. The first kappa shape index (κ1) is 16.1. The van der Waals surface area contributed by atoms with Crippen molar-refractivity contribution in [2.24, 2.45) is 0 Å². The highest BCUT2D eigenvalue weighted by molar-refractivity contribution is 7.12. The molecule has 124 valence electrons. The molecule has 23 heavy (non-hydrogen) atoms. The number of imide groups is 1. The van der Waals surface area contributed by atoms with E-state index in [4.69, 9.17) is 0 Å². The Balaban J connectivity index is 1.51. The van der Waals surface area contributed by atoms with Gasteiger partial charge in [-0.05, 0) is 31.2 Å². The predicted molar refractivity (Wildman–Crippen MR) is 87.2 cm³/mol. The first-order valence-electron chi connectivity index (χ1n) is 8.03. The van der Waals surface area contributed by atoms with Gasteiger partial charge in [-0.1, -0.05) is 6.07 Å². The van der Waals surface area contributed by atoms with Crippen LogP contribution in [0.3, 0.4) is 0 Å². The summed E-state index contributed by atoms with van der Waals surface area (Å²) in [7, 11) is 0. The summed E-state index contributed by atoms with van der Waals surface area (Å²) in [5.41, 5.74) is 0. The van der Waals surface area contributed by atoms with Gasteiger partial charge in [-0.25, -0.2) is 0 Å². The van der Waals surface area contributed by atoms with Gasteiger partial charge in [0.25, 0.3) is 5.91 Å². The molecule has 2 saturated heterocycles. The molecule has 1 aromatic rings. The van der Waals surface area contributed by atoms with Crippen molar-refractivity contribution in [3.8, 4) is 0 Å². The number of carbonyl (C=O) groups excluding carboxylic acids is 3. The monoisotopic (exact) mass is 335 g/mol. The number of amides is 3. The summed E-state index contributed by atoms with van der Waals surface area (Å²) < 4.78 is 0. The van der Waals surface area contributed by atoms with Crippen LogP contribution in [0.15, 0.2) is 17.5 Å². The molecule has 1 N–H and O–H groups in total. The number of hydrogen-bond acceptors (Lipinski definition) is 5. The fourth-order valence-corrected chi connectivity index (χ4v) is 3.93. The van der Waals surface area contributed by atoms with Crippen molar-refractivity contribution in [2.75, 3.05) is 19.6 Å². The fourth-order valence-electron chi connectivity index (χ4n) is 3.24. The molecule has 0 bridgehead atoms. The molecule has 0 saturated carbocycles. The zero-order chi connectivity index (χ0) is 16.4. The number of piperidine rings is 1. The van der Waals surface area contributed by atoms with Crippen molar-refractivity contribution in [3.05, 3.63) is 22.4 Å². The molecule has 2 aliphatic rings.